The Bertz CT molecular complexity index is 708. The van der Waals surface area contributed by atoms with Crippen LogP contribution in [0.1, 0.15) is 35.6 Å². The van der Waals surface area contributed by atoms with Crippen LogP contribution >= 0.6 is 24.8 Å². The summed E-state index contributed by atoms with van der Waals surface area (Å²) < 4.78 is 0. The average molecular weight is 394 g/mol. The van der Waals surface area contributed by atoms with Crippen LogP contribution in [0, 0.1) is 0 Å². The molecule has 1 fully saturated rings. The molecule has 2 aliphatic rings. The third-order valence-electron chi connectivity index (χ3n) is 5.69. The standard InChI is InChI=1S/C21H27N3.2ClH/c1-3-23(2)17-9-10-18-19(13-17)20(16-7-5-4-6-8-16)15-24-12-11-22-14-21(18)24;;/h4-10,13,20-22H,3,11-12,14-15H2,1-2H3;2*1H/t20-,21+;;/m1../s1. The van der Waals surface area contributed by atoms with Crippen molar-refractivity contribution in [1.29, 1.82) is 0 Å². The molecule has 2 atom stereocenters. The van der Waals surface area contributed by atoms with E-state index >= 15 is 0 Å². The fourth-order valence-corrected chi connectivity index (χ4v) is 4.16. The van der Waals surface area contributed by atoms with Crippen LogP contribution < -0.4 is 10.2 Å². The zero-order valence-corrected chi connectivity index (χ0v) is 17.2. The second kappa shape index (κ2) is 9.09. The lowest BCUT2D eigenvalue weighted by Gasteiger charge is -2.44. The summed E-state index contributed by atoms with van der Waals surface area (Å²) >= 11 is 0. The maximum atomic E-state index is 3.58. The summed E-state index contributed by atoms with van der Waals surface area (Å²) in [7, 11) is 2.18. The van der Waals surface area contributed by atoms with Crippen LogP contribution in [0.15, 0.2) is 48.5 Å². The van der Waals surface area contributed by atoms with E-state index in [4.69, 9.17) is 0 Å². The van der Waals surface area contributed by atoms with Gasteiger partial charge in [-0.05, 0) is 35.7 Å². The van der Waals surface area contributed by atoms with Gasteiger partial charge in [-0.25, -0.2) is 0 Å². The molecule has 1 saturated heterocycles. The Morgan fingerprint density at radius 3 is 2.58 bits per heavy atom. The van der Waals surface area contributed by atoms with Gasteiger partial charge in [-0.1, -0.05) is 36.4 Å². The molecular formula is C21H29Cl2N3. The van der Waals surface area contributed by atoms with Crippen molar-refractivity contribution in [1.82, 2.24) is 10.2 Å². The molecule has 2 aliphatic heterocycles. The monoisotopic (exact) mass is 393 g/mol. The molecule has 0 aliphatic carbocycles. The molecule has 0 radical (unpaired) electrons. The molecule has 4 rings (SSSR count). The lowest BCUT2D eigenvalue weighted by atomic mass is 9.80. The first-order valence-electron chi connectivity index (χ1n) is 9.12. The fourth-order valence-electron chi connectivity index (χ4n) is 4.16. The predicted molar refractivity (Wildman–Crippen MR) is 115 cm³/mol. The number of nitrogens with zero attached hydrogens (tertiary/aromatic N) is 2. The minimum atomic E-state index is 0. The van der Waals surface area contributed by atoms with Gasteiger partial charge in [0.1, 0.15) is 0 Å². The molecule has 0 bridgehead atoms. The number of halogens is 2. The van der Waals surface area contributed by atoms with Crippen molar-refractivity contribution in [2.45, 2.75) is 18.9 Å². The zero-order chi connectivity index (χ0) is 16.5. The molecule has 0 spiro atoms. The first-order valence-corrected chi connectivity index (χ1v) is 9.12. The molecule has 142 valence electrons. The van der Waals surface area contributed by atoms with E-state index in [1.807, 2.05) is 0 Å². The molecule has 1 N–H and O–H groups in total. The SMILES string of the molecule is CCN(C)c1ccc2c(c1)[C@@H](c1ccccc1)CN1CCNC[C@@H]21.Cl.Cl. The van der Waals surface area contributed by atoms with Gasteiger partial charge in [-0.3, -0.25) is 4.90 Å². The maximum absolute atomic E-state index is 3.58. The summed E-state index contributed by atoms with van der Waals surface area (Å²) in [5.74, 6) is 0.473. The van der Waals surface area contributed by atoms with E-state index in [-0.39, 0.29) is 24.8 Å². The number of benzene rings is 2. The lowest BCUT2D eigenvalue weighted by Crippen LogP contribution is -2.50. The highest BCUT2D eigenvalue weighted by atomic mass is 35.5. The first-order chi connectivity index (χ1) is 11.8. The van der Waals surface area contributed by atoms with E-state index in [0.717, 1.165) is 32.7 Å². The van der Waals surface area contributed by atoms with Crippen LogP contribution in [-0.2, 0) is 0 Å². The first kappa shape index (κ1) is 21.0. The third kappa shape index (κ3) is 3.86. The van der Waals surface area contributed by atoms with Gasteiger partial charge >= 0.3 is 0 Å². The smallest absolute Gasteiger partial charge is 0.0476 e. The molecule has 26 heavy (non-hydrogen) atoms. The van der Waals surface area contributed by atoms with Crippen molar-refractivity contribution in [3.63, 3.8) is 0 Å². The molecule has 0 aromatic heterocycles. The molecular weight excluding hydrogens is 365 g/mol. The summed E-state index contributed by atoms with van der Waals surface area (Å²) in [5.41, 5.74) is 5.79. The van der Waals surface area contributed by atoms with E-state index in [1.54, 1.807) is 0 Å². The van der Waals surface area contributed by atoms with E-state index in [2.05, 4.69) is 77.6 Å². The largest absolute Gasteiger partial charge is 0.375 e. The highest BCUT2D eigenvalue weighted by Gasteiger charge is 2.35. The van der Waals surface area contributed by atoms with Crippen LogP contribution in [0.3, 0.4) is 0 Å². The van der Waals surface area contributed by atoms with Crippen molar-refractivity contribution in [3.05, 3.63) is 65.2 Å². The quantitative estimate of drug-likeness (QED) is 0.847. The minimum Gasteiger partial charge on any atom is -0.375 e. The number of piperazine rings is 1. The summed E-state index contributed by atoms with van der Waals surface area (Å²) in [6.07, 6.45) is 0. The molecule has 5 heteroatoms. The maximum Gasteiger partial charge on any atom is 0.0476 e. The number of fused-ring (bicyclic) bond motifs is 3. The minimum absolute atomic E-state index is 0. The lowest BCUT2D eigenvalue weighted by molar-refractivity contribution is 0.143. The van der Waals surface area contributed by atoms with Gasteiger partial charge in [0.15, 0.2) is 0 Å². The fraction of sp³-hybridized carbons (Fsp3) is 0.429. The van der Waals surface area contributed by atoms with Crippen LogP contribution in [-0.4, -0.2) is 44.7 Å². The third-order valence-corrected chi connectivity index (χ3v) is 5.69. The molecule has 2 aromatic rings. The summed E-state index contributed by atoms with van der Waals surface area (Å²) in [6.45, 7) is 7.68. The Labute approximate surface area is 169 Å². The highest BCUT2D eigenvalue weighted by molar-refractivity contribution is 5.85. The Balaban J connectivity index is 0.00000121. The van der Waals surface area contributed by atoms with Crippen molar-refractivity contribution in [2.75, 3.05) is 44.7 Å². The van der Waals surface area contributed by atoms with Crippen molar-refractivity contribution in [2.24, 2.45) is 0 Å². The second-order valence-electron chi connectivity index (χ2n) is 7.01. The summed E-state index contributed by atoms with van der Waals surface area (Å²) in [5, 5.41) is 3.58. The van der Waals surface area contributed by atoms with Gasteiger partial charge in [0.2, 0.25) is 0 Å². The van der Waals surface area contributed by atoms with Crippen LogP contribution in [0.4, 0.5) is 5.69 Å². The Morgan fingerprint density at radius 1 is 1.08 bits per heavy atom. The van der Waals surface area contributed by atoms with Gasteiger partial charge in [0.05, 0.1) is 0 Å². The van der Waals surface area contributed by atoms with E-state index in [0.29, 0.717) is 12.0 Å². The van der Waals surface area contributed by atoms with E-state index in [9.17, 15) is 0 Å². The highest BCUT2D eigenvalue weighted by Crippen LogP contribution is 2.41. The molecule has 0 saturated carbocycles. The van der Waals surface area contributed by atoms with Crippen LogP contribution in [0.25, 0.3) is 0 Å². The Kier molecular flexibility index (Phi) is 7.36. The van der Waals surface area contributed by atoms with Crippen LogP contribution in [0.2, 0.25) is 0 Å². The van der Waals surface area contributed by atoms with Gasteiger partial charge < -0.3 is 10.2 Å². The van der Waals surface area contributed by atoms with Crippen molar-refractivity contribution >= 4 is 30.5 Å². The van der Waals surface area contributed by atoms with Crippen molar-refractivity contribution < 1.29 is 0 Å². The van der Waals surface area contributed by atoms with Gasteiger partial charge in [-0.15, -0.1) is 24.8 Å². The second-order valence-corrected chi connectivity index (χ2v) is 7.01. The number of nitrogens with one attached hydrogen (secondary N) is 1. The number of anilines is 1. The predicted octanol–water partition coefficient (Wildman–Crippen LogP) is 4.08. The Morgan fingerprint density at radius 2 is 1.85 bits per heavy atom. The number of rotatable bonds is 3. The molecule has 0 amide bonds. The Hall–Kier alpha value is -1.26. The van der Waals surface area contributed by atoms with Gasteiger partial charge in [-0.2, -0.15) is 0 Å². The molecule has 3 nitrogen and oxygen atoms in total. The van der Waals surface area contributed by atoms with Crippen molar-refractivity contribution in [3.8, 4) is 0 Å². The molecule has 2 aromatic carbocycles. The number of hydrogen-bond acceptors (Lipinski definition) is 3. The normalized spacial score (nSPS) is 21.6. The van der Waals surface area contributed by atoms with Gasteiger partial charge in [0.25, 0.3) is 0 Å². The molecule has 0 unspecified atom stereocenters. The van der Waals surface area contributed by atoms with E-state index in [1.165, 1.54) is 22.4 Å². The number of hydrogen-bond donors (Lipinski definition) is 1. The summed E-state index contributed by atoms with van der Waals surface area (Å²) in [4.78, 5) is 4.99. The van der Waals surface area contributed by atoms with Gasteiger partial charge in [0, 0.05) is 57.4 Å². The topological polar surface area (TPSA) is 18.5 Å². The average Bonchev–Trinajstić information content (AvgIpc) is 2.67. The zero-order valence-electron chi connectivity index (χ0n) is 15.5. The summed E-state index contributed by atoms with van der Waals surface area (Å²) in [6, 6.07) is 18.6. The van der Waals surface area contributed by atoms with Crippen LogP contribution in [0.5, 0.6) is 0 Å². The van der Waals surface area contributed by atoms with E-state index < -0.39 is 0 Å². The molecule has 2 heterocycles.